The van der Waals surface area contributed by atoms with Gasteiger partial charge in [0.1, 0.15) is 0 Å². The summed E-state index contributed by atoms with van der Waals surface area (Å²) in [5, 5.41) is 0.238. The molecule has 0 aliphatic heterocycles. The third-order valence-corrected chi connectivity index (χ3v) is 3.37. The number of rotatable bonds is 6. The van der Waals surface area contributed by atoms with E-state index in [1.165, 1.54) is 5.56 Å². The van der Waals surface area contributed by atoms with Crippen molar-refractivity contribution in [3.8, 4) is 0 Å². The monoisotopic (exact) mass is 288 g/mol. The minimum absolute atomic E-state index is 0.155. The number of hydrogen-bond donors (Lipinski definition) is 0. The van der Waals surface area contributed by atoms with Crippen LogP contribution in [0, 0.1) is 0 Å². The SMILES string of the molecule is C=C(c1ccnc(Cl)n1)C(CCOC)c1ccccc1. The van der Waals surface area contributed by atoms with Crippen LogP contribution in [0.4, 0.5) is 0 Å². The number of nitrogens with zero attached hydrogens (tertiary/aromatic N) is 2. The Balaban J connectivity index is 2.29. The largest absolute Gasteiger partial charge is 0.385 e. The summed E-state index contributed by atoms with van der Waals surface area (Å²) < 4.78 is 5.20. The second kappa shape index (κ2) is 7.17. The topological polar surface area (TPSA) is 35.0 Å². The Morgan fingerprint density at radius 2 is 2.05 bits per heavy atom. The van der Waals surface area contributed by atoms with E-state index in [0.717, 1.165) is 17.7 Å². The van der Waals surface area contributed by atoms with Crippen molar-refractivity contribution >= 4 is 17.2 Å². The van der Waals surface area contributed by atoms with Crippen LogP contribution in [0.1, 0.15) is 23.6 Å². The van der Waals surface area contributed by atoms with Crippen LogP contribution in [0.5, 0.6) is 0 Å². The summed E-state index contributed by atoms with van der Waals surface area (Å²) in [6.45, 7) is 4.86. The van der Waals surface area contributed by atoms with E-state index in [1.807, 2.05) is 24.3 Å². The number of halogens is 1. The molecule has 1 aromatic carbocycles. The van der Waals surface area contributed by atoms with E-state index in [1.54, 1.807) is 13.3 Å². The molecule has 0 amide bonds. The molecule has 3 nitrogen and oxygen atoms in total. The Kier molecular flexibility index (Phi) is 5.27. The Morgan fingerprint density at radius 1 is 1.30 bits per heavy atom. The summed E-state index contributed by atoms with van der Waals surface area (Å²) in [4.78, 5) is 8.15. The summed E-state index contributed by atoms with van der Waals surface area (Å²) in [7, 11) is 1.70. The van der Waals surface area contributed by atoms with Crippen molar-refractivity contribution in [3.63, 3.8) is 0 Å². The van der Waals surface area contributed by atoms with Crippen molar-refractivity contribution in [1.82, 2.24) is 9.97 Å². The van der Waals surface area contributed by atoms with E-state index in [2.05, 4.69) is 28.7 Å². The summed E-state index contributed by atoms with van der Waals surface area (Å²) in [6, 6.07) is 12.1. The van der Waals surface area contributed by atoms with Gasteiger partial charge in [-0.1, -0.05) is 36.9 Å². The van der Waals surface area contributed by atoms with E-state index in [-0.39, 0.29) is 11.2 Å². The van der Waals surface area contributed by atoms with Crippen LogP contribution in [0.3, 0.4) is 0 Å². The van der Waals surface area contributed by atoms with Gasteiger partial charge in [-0.05, 0) is 35.2 Å². The van der Waals surface area contributed by atoms with E-state index in [4.69, 9.17) is 16.3 Å². The van der Waals surface area contributed by atoms with Gasteiger partial charge in [-0.15, -0.1) is 0 Å². The van der Waals surface area contributed by atoms with E-state index in [0.29, 0.717) is 6.61 Å². The highest BCUT2D eigenvalue weighted by molar-refractivity contribution is 6.28. The Labute approximate surface area is 124 Å². The minimum atomic E-state index is 0.155. The summed E-state index contributed by atoms with van der Waals surface area (Å²) in [5.41, 5.74) is 2.90. The fourth-order valence-electron chi connectivity index (χ4n) is 2.16. The molecule has 0 N–H and O–H groups in total. The van der Waals surface area contributed by atoms with Crippen molar-refractivity contribution in [2.45, 2.75) is 12.3 Å². The predicted octanol–water partition coefficient (Wildman–Crippen LogP) is 3.96. The van der Waals surface area contributed by atoms with Crippen LogP contribution in [-0.2, 0) is 4.74 Å². The highest BCUT2D eigenvalue weighted by Gasteiger charge is 2.17. The van der Waals surface area contributed by atoms with Gasteiger partial charge in [-0.3, -0.25) is 0 Å². The van der Waals surface area contributed by atoms with Gasteiger partial charge in [-0.2, -0.15) is 0 Å². The molecule has 0 saturated carbocycles. The smallest absolute Gasteiger partial charge is 0.222 e. The number of benzene rings is 1. The lowest BCUT2D eigenvalue weighted by molar-refractivity contribution is 0.192. The molecule has 4 heteroatoms. The first-order valence-electron chi connectivity index (χ1n) is 6.44. The normalized spacial score (nSPS) is 12.1. The molecule has 0 aliphatic rings. The summed E-state index contributed by atoms with van der Waals surface area (Å²) >= 11 is 5.86. The first-order valence-corrected chi connectivity index (χ1v) is 6.81. The van der Waals surface area contributed by atoms with Crippen molar-refractivity contribution in [2.75, 3.05) is 13.7 Å². The second-order valence-electron chi connectivity index (χ2n) is 4.48. The molecular weight excluding hydrogens is 272 g/mol. The average Bonchev–Trinajstić information content (AvgIpc) is 2.48. The number of hydrogen-bond acceptors (Lipinski definition) is 3. The Morgan fingerprint density at radius 3 is 2.70 bits per heavy atom. The molecule has 2 aromatic rings. The quantitative estimate of drug-likeness (QED) is 0.755. The van der Waals surface area contributed by atoms with Crippen molar-refractivity contribution in [2.24, 2.45) is 0 Å². The lowest BCUT2D eigenvalue weighted by Gasteiger charge is -2.19. The maximum absolute atomic E-state index is 5.86. The van der Waals surface area contributed by atoms with Crippen molar-refractivity contribution in [3.05, 3.63) is 65.7 Å². The molecule has 1 atom stereocenters. The van der Waals surface area contributed by atoms with Gasteiger partial charge in [0.15, 0.2) is 0 Å². The molecule has 0 radical (unpaired) electrons. The maximum Gasteiger partial charge on any atom is 0.222 e. The molecule has 0 saturated heterocycles. The molecule has 0 bridgehead atoms. The van der Waals surface area contributed by atoms with E-state index >= 15 is 0 Å². The van der Waals surface area contributed by atoms with Crippen LogP contribution >= 0.6 is 11.6 Å². The van der Waals surface area contributed by atoms with Gasteiger partial charge >= 0.3 is 0 Å². The van der Waals surface area contributed by atoms with Crippen LogP contribution in [-0.4, -0.2) is 23.7 Å². The number of allylic oxidation sites excluding steroid dienone is 1. The fourth-order valence-corrected chi connectivity index (χ4v) is 2.30. The molecule has 1 unspecified atom stereocenters. The molecule has 1 aromatic heterocycles. The number of methoxy groups -OCH3 is 1. The highest BCUT2D eigenvalue weighted by atomic mass is 35.5. The number of ether oxygens (including phenoxy) is 1. The molecule has 0 fully saturated rings. The van der Waals surface area contributed by atoms with Crippen LogP contribution in [0.2, 0.25) is 5.28 Å². The molecule has 0 spiro atoms. The molecule has 2 rings (SSSR count). The van der Waals surface area contributed by atoms with Crippen LogP contribution < -0.4 is 0 Å². The van der Waals surface area contributed by atoms with E-state index in [9.17, 15) is 0 Å². The predicted molar refractivity (Wildman–Crippen MR) is 81.8 cm³/mol. The Bertz CT molecular complexity index is 572. The summed E-state index contributed by atoms with van der Waals surface area (Å²) in [5.74, 6) is 0.155. The lowest BCUT2D eigenvalue weighted by Crippen LogP contribution is -2.06. The van der Waals surface area contributed by atoms with Gasteiger partial charge in [0, 0.05) is 25.8 Å². The lowest BCUT2D eigenvalue weighted by atomic mass is 9.87. The van der Waals surface area contributed by atoms with Gasteiger partial charge in [-0.25, -0.2) is 9.97 Å². The van der Waals surface area contributed by atoms with Crippen LogP contribution in [0.25, 0.3) is 5.57 Å². The zero-order chi connectivity index (χ0) is 14.4. The average molecular weight is 289 g/mol. The van der Waals surface area contributed by atoms with Gasteiger partial charge < -0.3 is 4.74 Å². The van der Waals surface area contributed by atoms with Gasteiger partial charge in [0.2, 0.25) is 5.28 Å². The number of aromatic nitrogens is 2. The summed E-state index contributed by atoms with van der Waals surface area (Å²) in [6.07, 6.45) is 2.50. The first-order chi connectivity index (χ1) is 9.72. The Hall–Kier alpha value is -1.71. The van der Waals surface area contributed by atoms with Gasteiger partial charge in [0.05, 0.1) is 5.69 Å². The molecule has 20 heavy (non-hydrogen) atoms. The third-order valence-electron chi connectivity index (χ3n) is 3.19. The maximum atomic E-state index is 5.86. The molecular formula is C16H17ClN2O. The standard InChI is InChI=1S/C16H17ClN2O/c1-12(15-8-10-18-16(17)19-15)14(9-11-20-2)13-6-4-3-5-7-13/h3-8,10,14H,1,9,11H2,2H3. The zero-order valence-corrected chi connectivity index (χ0v) is 12.2. The molecule has 1 heterocycles. The minimum Gasteiger partial charge on any atom is -0.385 e. The molecule has 104 valence electrons. The van der Waals surface area contributed by atoms with Crippen molar-refractivity contribution < 1.29 is 4.74 Å². The van der Waals surface area contributed by atoms with Crippen molar-refractivity contribution in [1.29, 1.82) is 0 Å². The fraction of sp³-hybridized carbons (Fsp3) is 0.250. The third kappa shape index (κ3) is 3.65. The highest BCUT2D eigenvalue weighted by Crippen LogP contribution is 2.32. The second-order valence-corrected chi connectivity index (χ2v) is 4.82. The van der Waals surface area contributed by atoms with E-state index < -0.39 is 0 Å². The zero-order valence-electron chi connectivity index (χ0n) is 11.4. The van der Waals surface area contributed by atoms with Crippen LogP contribution in [0.15, 0.2) is 49.2 Å². The molecule has 0 aliphatic carbocycles. The first kappa shape index (κ1) is 14.7. The van der Waals surface area contributed by atoms with Gasteiger partial charge in [0.25, 0.3) is 0 Å².